The summed E-state index contributed by atoms with van der Waals surface area (Å²) < 4.78 is 0.988. The molecule has 2 aliphatic heterocycles. The first-order valence-electron chi connectivity index (χ1n) is 6.43. The number of aliphatic imine (C=N–C) groups is 2. The first-order valence-corrected chi connectivity index (χ1v) is 9.11. The zero-order valence-corrected chi connectivity index (χ0v) is 13.0. The number of fused-ring (bicyclic) bond motifs is 2. The second-order valence-electron chi connectivity index (χ2n) is 4.74. The quantitative estimate of drug-likeness (QED) is 0.801. The van der Waals surface area contributed by atoms with Gasteiger partial charge in [-0.25, -0.2) is 9.98 Å². The molecule has 1 aromatic rings. The van der Waals surface area contributed by atoms with Crippen LogP contribution in [0, 0.1) is 5.92 Å². The number of hydrogen-bond acceptors (Lipinski definition) is 6. The molecule has 102 valence electrons. The summed E-state index contributed by atoms with van der Waals surface area (Å²) >= 11 is 4.88. The van der Waals surface area contributed by atoms with Crippen molar-refractivity contribution >= 4 is 51.6 Å². The molecular weight excluding hydrogens is 310 g/mol. The van der Waals surface area contributed by atoms with Crippen LogP contribution in [-0.4, -0.2) is 27.5 Å². The smallest absolute Gasteiger partial charge is 0.261 e. The number of nitrogens with zero attached hydrogens (tertiary/aromatic N) is 3. The van der Waals surface area contributed by atoms with Crippen molar-refractivity contribution in [2.75, 3.05) is 5.75 Å². The number of carbonyl (C=O) groups excluding carboxylic acids is 1. The number of amides is 1. The zero-order valence-electron chi connectivity index (χ0n) is 10.5. The van der Waals surface area contributed by atoms with E-state index in [1.54, 1.807) is 41.1 Å². The zero-order chi connectivity index (χ0) is 13.5. The molecule has 1 unspecified atom stereocenters. The van der Waals surface area contributed by atoms with Crippen LogP contribution < -0.4 is 0 Å². The number of allylic oxidation sites excluding steroid dienone is 1. The lowest BCUT2D eigenvalue weighted by Crippen LogP contribution is -2.26. The molecule has 1 atom stereocenters. The lowest BCUT2D eigenvalue weighted by Gasteiger charge is -2.15. The number of rotatable bonds is 3. The van der Waals surface area contributed by atoms with Gasteiger partial charge in [0.05, 0.1) is 10.8 Å². The largest absolute Gasteiger partial charge is 0.271 e. The molecule has 0 saturated heterocycles. The van der Waals surface area contributed by atoms with E-state index in [1.165, 1.54) is 16.9 Å². The van der Waals surface area contributed by atoms with Gasteiger partial charge in [-0.2, -0.15) is 4.99 Å². The van der Waals surface area contributed by atoms with Crippen molar-refractivity contribution < 1.29 is 4.79 Å². The lowest BCUT2D eigenvalue weighted by atomic mass is 9.98. The fourth-order valence-electron chi connectivity index (χ4n) is 2.65. The normalized spacial score (nSPS) is 24.6. The first-order chi connectivity index (χ1) is 9.81. The molecule has 0 aromatic carbocycles. The number of amidine groups is 1. The van der Waals surface area contributed by atoms with Crippen LogP contribution in [0.25, 0.3) is 0 Å². The van der Waals surface area contributed by atoms with Crippen molar-refractivity contribution in [3.63, 3.8) is 0 Å². The Bertz CT molecular complexity index is 660. The summed E-state index contributed by atoms with van der Waals surface area (Å²) in [6.45, 7) is 0. The number of carbonyl (C=O) groups is 1. The summed E-state index contributed by atoms with van der Waals surface area (Å²) in [5.74, 6) is 1.08. The summed E-state index contributed by atoms with van der Waals surface area (Å²) in [6, 6.07) is 0. The summed E-state index contributed by atoms with van der Waals surface area (Å²) in [5.41, 5.74) is 1.29. The van der Waals surface area contributed by atoms with Crippen LogP contribution in [0.2, 0.25) is 0 Å². The van der Waals surface area contributed by atoms with E-state index in [4.69, 9.17) is 0 Å². The van der Waals surface area contributed by atoms with E-state index >= 15 is 0 Å². The molecule has 4 rings (SSSR count). The standard InChI is InChI=1S/C13H11N3OS3/c17-11-10-7-2-1-3-8(7)20-12(10)16-9(15-11)6-19-13-14-4-5-18-13/h4-5,10H,1-3,6H2. The van der Waals surface area contributed by atoms with Crippen molar-refractivity contribution in [3.8, 4) is 0 Å². The van der Waals surface area contributed by atoms with Crippen LogP contribution in [0.15, 0.2) is 36.4 Å². The first kappa shape index (κ1) is 12.8. The third-order valence-corrected chi connectivity index (χ3v) is 6.70. The highest BCUT2D eigenvalue weighted by molar-refractivity contribution is 8.17. The Morgan fingerprint density at radius 2 is 2.30 bits per heavy atom. The third-order valence-electron chi connectivity index (χ3n) is 3.49. The van der Waals surface area contributed by atoms with Gasteiger partial charge in [-0.1, -0.05) is 23.5 Å². The predicted octanol–water partition coefficient (Wildman–Crippen LogP) is 3.37. The van der Waals surface area contributed by atoms with E-state index in [1.807, 2.05) is 5.38 Å². The van der Waals surface area contributed by atoms with Crippen molar-refractivity contribution in [2.45, 2.75) is 23.6 Å². The summed E-state index contributed by atoms with van der Waals surface area (Å²) in [4.78, 5) is 26.6. The Morgan fingerprint density at radius 3 is 3.15 bits per heavy atom. The molecule has 3 aliphatic rings. The number of thioether (sulfide) groups is 2. The third kappa shape index (κ3) is 2.17. The van der Waals surface area contributed by atoms with Crippen LogP contribution in [0.5, 0.6) is 0 Å². The van der Waals surface area contributed by atoms with Gasteiger partial charge in [-0.05, 0) is 29.7 Å². The fraction of sp³-hybridized carbons (Fsp3) is 0.385. The molecule has 0 bridgehead atoms. The molecule has 0 saturated carbocycles. The van der Waals surface area contributed by atoms with Crippen molar-refractivity contribution in [3.05, 3.63) is 22.1 Å². The maximum absolute atomic E-state index is 12.3. The highest BCUT2D eigenvalue weighted by Gasteiger charge is 2.41. The Balaban J connectivity index is 1.51. The second kappa shape index (κ2) is 5.13. The Hall–Kier alpha value is -0.920. The molecule has 0 spiro atoms. The van der Waals surface area contributed by atoms with Crippen LogP contribution in [0.3, 0.4) is 0 Å². The molecule has 1 aliphatic carbocycles. The van der Waals surface area contributed by atoms with E-state index < -0.39 is 0 Å². The van der Waals surface area contributed by atoms with Gasteiger partial charge in [-0.3, -0.25) is 4.79 Å². The van der Waals surface area contributed by atoms with E-state index in [0.717, 1.165) is 22.2 Å². The molecular formula is C13H11N3OS3. The van der Waals surface area contributed by atoms with Gasteiger partial charge in [0.1, 0.15) is 16.1 Å². The van der Waals surface area contributed by atoms with Gasteiger partial charge in [0, 0.05) is 11.6 Å². The second-order valence-corrected chi connectivity index (χ2v) is 7.97. The van der Waals surface area contributed by atoms with Crippen LogP contribution in [0.4, 0.5) is 0 Å². The Labute approximate surface area is 128 Å². The van der Waals surface area contributed by atoms with Gasteiger partial charge < -0.3 is 0 Å². The Morgan fingerprint density at radius 1 is 1.35 bits per heavy atom. The van der Waals surface area contributed by atoms with Gasteiger partial charge in [0.15, 0.2) is 0 Å². The van der Waals surface area contributed by atoms with Crippen molar-refractivity contribution in [1.82, 2.24) is 4.98 Å². The predicted molar refractivity (Wildman–Crippen MR) is 84.7 cm³/mol. The van der Waals surface area contributed by atoms with Gasteiger partial charge in [0.25, 0.3) is 5.91 Å². The van der Waals surface area contributed by atoms with E-state index in [-0.39, 0.29) is 11.8 Å². The van der Waals surface area contributed by atoms with Crippen LogP contribution in [-0.2, 0) is 4.79 Å². The number of aromatic nitrogens is 1. The minimum absolute atomic E-state index is 0.0239. The lowest BCUT2D eigenvalue weighted by molar-refractivity contribution is -0.118. The van der Waals surface area contributed by atoms with E-state index in [0.29, 0.717) is 11.6 Å². The molecule has 0 radical (unpaired) electrons. The summed E-state index contributed by atoms with van der Waals surface area (Å²) in [5, 5.41) is 2.89. The number of thiazole rings is 1. The SMILES string of the molecule is O=C1N=C(CSc2nccs2)N=C2SC3=C(CCC3)C12. The Kier molecular flexibility index (Phi) is 3.28. The van der Waals surface area contributed by atoms with Crippen molar-refractivity contribution in [2.24, 2.45) is 15.9 Å². The van der Waals surface area contributed by atoms with Gasteiger partial charge in [0.2, 0.25) is 0 Å². The maximum Gasteiger partial charge on any atom is 0.261 e. The highest BCUT2D eigenvalue weighted by Crippen LogP contribution is 2.48. The number of hydrogen-bond donors (Lipinski definition) is 0. The van der Waals surface area contributed by atoms with Gasteiger partial charge >= 0.3 is 0 Å². The fourth-order valence-corrected chi connectivity index (χ4v) is 5.51. The minimum Gasteiger partial charge on any atom is -0.271 e. The maximum atomic E-state index is 12.3. The molecule has 1 aromatic heterocycles. The highest BCUT2D eigenvalue weighted by atomic mass is 32.2. The molecule has 0 fully saturated rings. The molecule has 3 heterocycles. The molecule has 20 heavy (non-hydrogen) atoms. The minimum atomic E-state index is -0.147. The molecule has 4 nitrogen and oxygen atoms in total. The average Bonchev–Trinajstić information content (AvgIpc) is 3.12. The van der Waals surface area contributed by atoms with E-state index in [9.17, 15) is 4.79 Å². The molecule has 7 heteroatoms. The van der Waals surface area contributed by atoms with Crippen LogP contribution >= 0.6 is 34.9 Å². The van der Waals surface area contributed by atoms with Crippen molar-refractivity contribution in [1.29, 1.82) is 0 Å². The van der Waals surface area contributed by atoms with Gasteiger partial charge in [-0.15, -0.1) is 11.3 Å². The summed E-state index contributed by atoms with van der Waals surface area (Å²) in [7, 11) is 0. The van der Waals surface area contributed by atoms with Crippen LogP contribution in [0.1, 0.15) is 19.3 Å². The topological polar surface area (TPSA) is 54.7 Å². The molecule has 1 amide bonds. The molecule has 0 N–H and O–H groups in total. The summed E-state index contributed by atoms with van der Waals surface area (Å²) in [6.07, 6.45) is 5.09. The average molecular weight is 321 g/mol. The monoisotopic (exact) mass is 321 g/mol. The van der Waals surface area contributed by atoms with E-state index in [2.05, 4.69) is 15.0 Å².